The number of ether oxygens (including phenoxy) is 1. The molecule has 0 saturated heterocycles. The van der Waals surface area contributed by atoms with Crippen molar-refractivity contribution in [3.05, 3.63) is 0 Å². The highest BCUT2D eigenvalue weighted by atomic mass is 17.5. The first-order chi connectivity index (χ1) is 18.4. The minimum Gasteiger partial charge on any atom is -0.457 e. The van der Waals surface area contributed by atoms with Gasteiger partial charge in [0.25, 0.3) is 0 Å². The van der Waals surface area contributed by atoms with Gasteiger partial charge in [0.1, 0.15) is 5.60 Å². The van der Waals surface area contributed by atoms with E-state index in [4.69, 9.17) is 9.62 Å². The van der Waals surface area contributed by atoms with E-state index in [1.807, 2.05) is 13.8 Å². The standard InChI is InChI=1S/C32H62O6/c1-5-7-9-10-11-12-13-14-15-16-17-18-19-20-21-22-23-24-25-27-29-35-30(33)31(34)36-38-37-32(3,4)28-26-8-6-2/h5-29H2,1-4H3. The number of rotatable bonds is 28. The van der Waals surface area contributed by atoms with Gasteiger partial charge in [0, 0.05) is 0 Å². The Labute approximate surface area is 235 Å². The van der Waals surface area contributed by atoms with Gasteiger partial charge < -0.3 is 4.74 Å². The van der Waals surface area contributed by atoms with Crippen LogP contribution in [0.3, 0.4) is 0 Å². The number of carbonyl (C=O) groups excluding carboxylic acids is 2. The SMILES string of the molecule is CCCCCCCCCCCCCCCCCCCCCCOC(=O)C(=O)OOOC(C)(C)CCCCC. The molecule has 0 aliphatic carbocycles. The number of hydrogen-bond donors (Lipinski definition) is 0. The molecule has 0 aromatic rings. The Kier molecular flexibility index (Phi) is 26.6. The van der Waals surface area contributed by atoms with Crippen molar-refractivity contribution in [2.24, 2.45) is 0 Å². The van der Waals surface area contributed by atoms with Crippen molar-refractivity contribution in [3.8, 4) is 0 Å². The van der Waals surface area contributed by atoms with E-state index in [-0.39, 0.29) is 6.61 Å². The molecule has 0 aliphatic rings. The van der Waals surface area contributed by atoms with Gasteiger partial charge in [0.05, 0.1) is 6.61 Å². The van der Waals surface area contributed by atoms with Crippen LogP contribution in [0.25, 0.3) is 0 Å². The van der Waals surface area contributed by atoms with Crippen LogP contribution in [0.1, 0.15) is 182 Å². The summed E-state index contributed by atoms with van der Waals surface area (Å²) < 4.78 is 4.95. The van der Waals surface area contributed by atoms with Crippen LogP contribution in [-0.4, -0.2) is 24.1 Å². The molecule has 38 heavy (non-hydrogen) atoms. The van der Waals surface area contributed by atoms with E-state index in [2.05, 4.69) is 23.8 Å². The van der Waals surface area contributed by atoms with Crippen molar-refractivity contribution in [1.82, 2.24) is 0 Å². The van der Waals surface area contributed by atoms with Gasteiger partial charge in [0.15, 0.2) is 0 Å². The first kappa shape index (κ1) is 36.9. The second-order valence-electron chi connectivity index (χ2n) is 11.6. The third-order valence-electron chi connectivity index (χ3n) is 7.15. The normalized spacial score (nSPS) is 11.6. The molecule has 0 heterocycles. The molecule has 0 atom stereocenters. The molecule has 0 amide bonds. The minimum absolute atomic E-state index is 0.219. The van der Waals surface area contributed by atoms with Gasteiger partial charge >= 0.3 is 11.9 Å². The van der Waals surface area contributed by atoms with Crippen molar-refractivity contribution in [2.45, 2.75) is 187 Å². The van der Waals surface area contributed by atoms with Gasteiger partial charge in [-0.1, -0.05) is 155 Å². The molecule has 0 rings (SSSR count). The molecule has 0 N–H and O–H groups in total. The zero-order chi connectivity index (χ0) is 28.2. The Bertz CT molecular complexity index is 534. The molecule has 0 aliphatic heterocycles. The highest BCUT2D eigenvalue weighted by Crippen LogP contribution is 2.19. The van der Waals surface area contributed by atoms with Crippen LogP contribution in [0.4, 0.5) is 0 Å². The molecule has 6 nitrogen and oxygen atoms in total. The molecule has 0 unspecified atom stereocenters. The maximum atomic E-state index is 11.7. The monoisotopic (exact) mass is 542 g/mol. The Hall–Kier alpha value is -1.14. The quantitative estimate of drug-likeness (QED) is 0.0322. The third-order valence-corrected chi connectivity index (χ3v) is 7.15. The molecule has 0 aromatic heterocycles. The lowest BCUT2D eigenvalue weighted by molar-refractivity contribution is -0.516. The van der Waals surface area contributed by atoms with E-state index in [9.17, 15) is 9.59 Å². The maximum absolute atomic E-state index is 11.7. The Morgan fingerprint density at radius 2 is 0.868 bits per heavy atom. The molecule has 0 fully saturated rings. The Morgan fingerprint density at radius 3 is 1.29 bits per heavy atom. The summed E-state index contributed by atoms with van der Waals surface area (Å²) in [5, 5.41) is 4.51. The molecule has 0 spiro atoms. The lowest BCUT2D eigenvalue weighted by Crippen LogP contribution is -2.27. The smallest absolute Gasteiger partial charge is 0.453 e. The predicted molar refractivity (Wildman–Crippen MR) is 155 cm³/mol. The second-order valence-corrected chi connectivity index (χ2v) is 11.6. The first-order valence-corrected chi connectivity index (χ1v) is 16.2. The third kappa shape index (κ3) is 26.5. The molecular formula is C32H62O6. The van der Waals surface area contributed by atoms with Crippen LogP contribution in [0.15, 0.2) is 0 Å². The van der Waals surface area contributed by atoms with Crippen molar-refractivity contribution in [3.63, 3.8) is 0 Å². The van der Waals surface area contributed by atoms with Gasteiger partial charge in [-0.05, 0) is 31.7 Å². The number of carbonyl (C=O) groups is 2. The highest BCUT2D eigenvalue weighted by Gasteiger charge is 2.24. The Morgan fingerprint density at radius 1 is 0.500 bits per heavy atom. The fourth-order valence-corrected chi connectivity index (χ4v) is 4.60. The molecular weight excluding hydrogens is 480 g/mol. The minimum atomic E-state index is -1.19. The van der Waals surface area contributed by atoms with Crippen molar-refractivity contribution >= 4 is 11.9 Å². The molecule has 6 heteroatoms. The van der Waals surface area contributed by atoms with E-state index in [0.717, 1.165) is 44.9 Å². The number of unbranched alkanes of at least 4 members (excludes halogenated alkanes) is 21. The average Bonchev–Trinajstić information content (AvgIpc) is 2.89. The number of esters is 1. The summed E-state index contributed by atoms with van der Waals surface area (Å²) in [6.45, 7) is 8.31. The first-order valence-electron chi connectivity index (χ1n) is 16.2. The van der Waals surface area contributed by atoms with E-state index in [0.29, 0.717) is 0 Å². The molecule has 0 radical (unpaired) electrons. The summed E-state index contributed by atoms with van der Waals surface area (Å²) in [5.74, 6) is -2.24. The van der Waals surface area contributed by atoms with E-state index >= 15 is 0 Å². The van der Waals surface area contributed by atoms with Crippen molar-refractivity contribution in [1.29, 1.82) is 0 Å². The van der Waals surface area contributed by atoms with Crippen molar-refractivity contribution < 1.29 is 29.1 Å². The van der Waals surface area contributed by atoms with Gasteiger partial charge in [-0.15, -0.1) is 0 Å². The van der Waals surface area contributed by atoms with Crippen LogP contribution in [0.2, 0.25) is 0 Å². The summed E-state index contributed by atoms with van der Waals surface area (Å²) >= 11 is 0. The van der Waals surface area contributed by atoms with Crippen LogP contribution in [0.5, 0.6) is 0 Å². The lowest BCUT2D eigenvalue weighted by Gasteiger charge is -2.21. The predicted octanol–water partition coefficient (Wildman–Crippen LogP) is 10.1. The van der Waals surface area contributed by atoms with Crippen LogP contribution in [-0.2, 0) is 29.1 Å². The van der Waals surface area contributed by atoms with E-state index < -0.39 is 17.5 Å². The van der Waals surface area contributed by atoms with Gasteiger partial charge in [-0.25, -0.2) is 9.59 Å². The largest absolute Gasteiger partial charge is 0.457 e. The summed E-state index contributed by atoms with van der Waals surface area (Å²) in [5.41, 5.74) is -0.591. The van der Waals surface area contributed by atoms with Gasteiger partial charge in [-0.3, -0.25) is 4.89 Å². The summed E-state index contributed by atoms with van der Waals surface area (Å²) in [6, 6.07) is 0. The van der Waals surface area contributed by atoms with Gasteiger partial charge in [-0.2, -0.15) is 4.89 Å². The van der Waals surface area contributed by atoms with Crippen LogP contribution in [0, 0.1) is 0 Å². The average molecular weight is 543 g/mol. The molecule has 226 valence electrons. The zero-order valence-corrected chi connectivity index (χ0v) is 25.6. The summed E-state index contributed by atoms with van der Waals surface area (Å²) in [4.78, 5) is 32.8. The lowest BCUT2D eigenvalue weighted by atomic mass is 10.0. The molecule has 0 bridgehead atoms. The molecule has 0 saturated carbocycles. The fourth-order valence-electron chi connectivity index (χ4n) is 4.60. The topological polar surface area (TPSA) is 71.1 Å². The summed E-state index contributed by atoms with van der Waals surface area (Å²) in [7, 11) is 0. The molecule has 0 aromatic carbocycles. The van der Waals surface area contributed by atoms with Gasteiger partial charge in [0.2, 0.25) is 0 Å². The summed E-state index contributed by atoms with van der Waals surface area (Å²) in [6.07, 6.45) is 30.3. The van der Waals surface area contributed by atoms with E-state index in [1.165, 1.54) is 109 Å². The second kappa shape index (κ2) is 27.4. The highest BCUT2D eigenvalue weighted by molar-refractivity contribution is 6.29. The fraction of sp³-hybridized carbons (Fsp3) is 0.938. The Balaban J connectivity index is 3.36. The number of hydrogen-bond acceptors (Lipinski definition) is 6. The zero-order valence-electron chi connectivity index (χ0n) is 25.6. The van der Waals surface area contributed by atoms with Crippen LogP contribution >= 0.6 is 0 Å². The van der Waals surface area contributed by atoms with E-state index in [1.54, 1.807) is 0 Å². The van der Waals surface area contributed by atoms with Crippen LogP contribution < -0.4 is 0 Å². The maximum Gasteiger partial charge on any atom is 0.453 e. The van der Waals surface area contributed by atoms with Crippen molar-refractivity contribution in [2.75, 3.05) is 6.61 Å².